The van der Waals surface area contributed by atoms with Crippen molar-refractivity contribution >= 4 is 11.6 Å². The molecule has 0 aromatic heterocycles. The number of nitrogen functional groups attached to an aromatic ring is 1. The van der Waals surface area contributed by atoms with E-state index in [0.29, 0.717) is 16.7 Å². The number of carbonyl (C=O) groups is 1. The molecule has 0 heterocycles. The Kier molecular flexibility index (Phi) is 3.90. The molecule has 2 rings (SSSR count). The summed E-state index contributed by atoms with van der Waals surface area (Å²) in [5, 5.41) is 3.07. The molecule has 0 aliphatic heterocycles. The fraction of sp³-hybridized carbons (Fsp3) is 0.533. The van der Waals surface area contributed by atoms with Gasteiger partial charge in [0.05, 0.1) is 0 Å². The molecular formula is C15H22N2O. The highest BCUT2D eigenvalue weighted by atomic mass is 16.1. The first-order valence-electron chi connectivity index (χ1n) is 6.79. The molecule has 1 fully saturated rings. The standard InChI is InChI=1S/C15H22N2O/c1-2-15(8-3-4-9-15)11-17-14(18)12-6-5-7-13(16)10-12/h5-7,10H,2-4,8-9,11,16H2,1H3,(H,17,18). The molecule has 0 spiro atoms. The molecule has 0 saturated heterocycles. The van der Waals surface area contributed by atoms with Gasteiger partial charge in [0.1, 0.15) is 0 Å². The van der Waals surface area contributed by atoms with Crippen LogP contribution in [-0.4, -0.2) is 12.5 Å². The Morgan fingerprint density at radius 1 is 1.39 bits per heavy atom. The first kappa shape index (κ1) is 12.9. The molecule has 1 saturated carbocycles. The van der Waals surface area contributed by atoms with Crippen molar-refractivity contribution in [3.63, 3.8) is 0 Å². The largest absolute Gasteiger partial charge is 0.399 e. The zero-order chi connectivity index (χ0) is 13.0. The fourth-order valence-corrected chi connectivity index (χ4v) is 2.83. The van der Waals surface area contributed by atoms with Gasteiger partial charge >= 0.3 is 0 Å². The van der Waals surface area contributed by atoms with Crippen molar-refractivity contribution in [2.75, 3.05) is 12.3 Å². The highest BCUT2D eigenvalue weighted by Gasteiger charge is 2.32. The van der Waals surface area contributed by atoms with Gasteiger partial charge in [0.2, 0.25) is 0 Å². The molecule has 3 heteroatoms. The van der Waals surface area contributed by atoms with Gasteiger partial charge in [-0.25, -0.2) is 0 Å². The molecule has 1 amide bonds. The molecule has 18 heavy (non-hydrogen) atoms. The molecule has 1 aliphatic rings. The zero-order valence-electron chi connectivity index (χ0n) is 11.0. The number of hydrogen-bond donors (Lipinski definition) is 2. The van der Waals surface area contributed by atoms with Crippen LogP contribution in [0, 0.1) is 5.41 Å². The Bertz CT molecular complexity index is 422. The number of nitrogens with one attached hydrogen (secondary N) is 1. The molecule has 1 aromatic rings. The lowest BCUT2D eigenvalue weighted by Crippen LogP contribution is -2.35. The van der Waals surface area contributed by atoms with Crippen LogP contribution in [0.5, 0.6) is 0 Å². The maximum atomic E-state index is 12.0. The highest BCUT2D eigenvalue weighted by Crippen LogP contribution is 2.40. The van der Waals surface area contributed by atoms with E-state index < -0.39 is 0 Å². The number of carbonyl (C=O) groups excluding carboxylic acids is 1. The van der Waals surface area contributed by atoms with Gasteiger partial charge in [-0.15, -0.1) is 0 Å². The van der Waals surface area contributed by atoms with Crippen LogP contribution in [0.15, 0.2) is 24.3 Å². The third-order valence-corrected chi connectivity index (χ3v) is 4.19. The van der Waals surface area contributed by atoms with Crippen molar-refractivity contribution in [1.29, 1.82) is 0 Å². The van der Waals surface area contributed by atoms with Crippen molar-refractivity contribution in [1.82, 2.24) is 5.32 Å². The quantitative estimate of drug-likeness (QED) is 0.802. The Morgan fingerprint density at radius 2 is 2.11 bits per heavy atom. The van der Waals surface area contributed by atoms with E-state index in [9.17, 15) is 4.79 Å². The Labute approximate surface area is 109 Å². The normalized spacial score (nSPS) is 17.6. The molecule has 0 bridgehead atoms. The number of anilines is 1. The number of nitrogens with two attached hydrogens (primary N) is 1. The van der Waals surface area contributed by atoms with E-state index in [-0.39, 0.29) is 5.91 Å². The van der Waals surface area contributed by atoms with Crippen LogP contribution in [0.1, 0.15) is 49.4 Å². The lowest BCUT2D eigenvalue weighted by atomic mass is 9.83. The van der Waals surface area contributed by atoms with Crippen molar-refractivity contribution < 1.29 is 4.79 Å². The van der Waals surface area contributed by atoms with Crippen LogP contribution < -0.4 is 11.1 Å². The molecule has 0 unspecified atom stereocenters. The summed E-state index contributed by atoms with van der Waals surface area (Å²) in [6.07, 6.45) is 6.20. The van der Waals surface area contributed by atoms with E-state index in [0.717, 1.165) is 13.0 Å². The van der Waals surface area contributed by atoms with Gasteiger partial charge in [-0.1, -0.05) is 25.8 Å². The minimum absolute atomic E-state index is 0.0120. The maximum Gasteiger partial charge on any atom is 0.251 e. The summed E-state index contributed by atoms with van der Waals surface area (Å²) in [7, 11) is 0. The molecule has 1 aliphatic carbocycles. The second-order valence-electron chi connectivity index (χ2n) is 5.37. The monoisotopic (exact) mass is 246 g/mol. The molecule has 1 aromatic carbocycles. The number of rotatable bonds is 4. The van der Waals surface area contributed by atoms with Gasteiger partial charge in [-0.3, -0.25) is 4.79 Å². The fourth-order valence-electron chi connectivity index (χ4n) is 2.83. The van der Waals surface area contributed by atoms with Gasteiger partial charge in [0, 0.05) is 17.8 Å². The van der Waals surface area contributed by atoms with Crippen LogP contribution in [0.4, 0.5) is 5.69 Å². The van der Waals surface area contributed by atoms with Crippen LogP contribution in [0.2, 0.25) is 0 Å². The minimum atomic E-state index is -0.0120. The number of amides is 1. The second-order valence-corrected chi connectivity index (χ2v) is 5.37. The first-order valence-corrected chi connectivity index (χ1v) is 6.79. The lowest BCUT2D eigenvalue weighted by Gasteiger charge is -2.27. The predicted octanol–water partition coefficient (Wildman–Crippen LogP) is 2.97. The van der Waals surface area contributed by atoms with Gasteiger partial charge in [-0.2, -0.15) is 0 Å². The third-order valence-electron chi connectivity index (χ3n) is 4.19. The zero-order valence-corrected chi connectivity index (χ0v) is 11.0. The van der Waals surface area contributed by atoms with Crippen LogP contribution in [-0.2, 0) is 0 Å². The molecule has 0 atom stereocenters. The highest BCUT2D eigenvalue weighted by molar-refractivity contribution is 5.95. The van der Waals surface area contributed by atoms with Crippen molar-refractivity contribution in [2.45, 2.75) is 39.0 Å². The average molecular weight is 246 g/mol. The average Bonchev–Trinajstić information content (AvgIpc) is 2.85. The van der Waals surface area contributed by atoms with E-state index in [1.165, 1.54) is 25.7 Å². The number of hydrogen-bond acceptors (Lipinski definition) is 2. The van der Waals surface area contributed by atoms with Crippen molar-refractivity contribution in [3.8, 4) is 0 Å². The van der Waals surface area contributed by atoms with E-state index >= 15 is 0 Å². The Morgan fingerprint density at radius 3 is 2.72 bits per heavy atom. The van der Waals surface area contributed by atoms with Crippen LogP contribution in [0.25, 0.3) is 0 Å². The smallest absolute Gasteiger partial charge is 0.251 e. The summed E-state index contributed by atoms with van der Waals surface area (Å²) >= 11 is 0. The summed E-state index contributed by atoms with van der Waals surface area (Å²) in [5.74, 6) is -0.0120. The Hall–Kier alpha value is -1.51. The van der Waals surface area contributed by atoms with Gasteiger partial charge in [0.25, 0.3) is 5.91 Å². The SMILES string of the molecule is CCC1(CNC(=O)c2cccc(N)c2)CCCC1. The summed E-state index contributed by atoms with van der Waals surface area (Å²) in [6.45, 7) is 3.01. The summed E-state index contributed by atoms with van der Waals surface area (Å²) in [4.78, 5) is 12.0. The molecule has 98 valence electrons. The third kappa shape index (κ3) is 2.84. The molecule has 3 N–H and O–H groups in total. The molecule has 0 radical (unpaired) electrons. The summed E-state index contributed by atoms with van der Waals surface area (Å²) < 4.78 is 0. The van der Waals surface area contributed by atoms with E-state index in [4.69, 9.17) is 5.73 Å². The lowest BCUT2D eigenvalue weighted by molar-refractivity contribution is 0.0929. The van der Waals surface area contributed by atoms with Gasteiger partial charge in [0.15, 0.2) is 0 Å². The van der Waals surface area contributed by atoms with Crippen LogP contribution in [0.3, 0.4) is 0 Å². The summed E-state index contributed by atoms with van der Waals surface area (Å²) in [6, 6.07) is 7.14. The predicted molar refractivity (Wildman–Crippen MR) is 74.4 cm³/mol. The van der Waals surface area contributed by atoms with E-state index in [1.54, 1.807) is 18.2 Å². The summed E-state index contributed by atoms with van der Waals surface area (Å²) in [5.41, 5.74) is 7.30. The topological polar surface area (TPSA) is 55.1 Å². The van der Waals surface area contributed by atoms with Crippen molar-refractivity contribution in [2.24, 2.45) is 5.41 Å². The maximum absolute atomic E-state index is 12.0. The van der Waals surface area contributed by atoms with E-state index in [1.807, 2.05) is 6.07 Å². The van der Waals surface area contributed by atoms with Crippen molar-refractivity contribution in [3.05, 3.63) is 29.8 Å². The molecule has 3 nitrogen and oxygen atoms in total. The van der Waals surface area contributed by atoms with Gasteiger partial charge in [-0.05, 0) is 42.9 Å². The van der Waals surface area contributed by atoms with Gasteiger partial charge < -0.3 is 11.1 Å². The second kappa shape index (κ2) is 5.42. The first-order chi connectivity index (χ1) is 8.65. The minimum Gasteiger partial charge on any atom is -0.399 e. The molecular weight excluding hydrogens is 224 g/mol. The Balaban J connectivity index is 1.96. The van der Waals surface area contributed by atoms with Crippen LogP contribution >= 0.6 is 0 Å². The number of benzene rings is 1. The van der Waals surface area contributed by atoms with E-state index in [2.05, 4.69) is 12.2 Å².